The average molecular weight is 265 g/mol. The molecule has 0 aromatic heterocycles. The van der Waals surface area contributed by atoms with Gasteiger partial charge in [0.15, 0.2) is 0 Å². The van der Waals surface area contributed by atoms with E-state index in [1.807, 2.05) is 74.5 Å². The van der Waals surface area contributed by atoms with Crippen molar-refractivity contribution in [2.24, 2.45) is 0 Å². The molecule has 0 bridgehead atoms. The quantitative estimate of drug-likeness (QED) is 0.835. The molecule has 0 saturated heterocycles. The third-order valence-electron chi connectivity index (χ3n) is 3.16. The Morgan fingerprint density at radius 2 is 1.70 bits per heavy atom. The van der Waals surface area contributed by atoms with Gasteiger partial charge in [-0.15, -0.1) is 0 Å². The van der Waals surface area contributed by atoms with Crippen LogP contribution in [0, 0.1) is 6.92 Å². The topological polar surface area (TPSA) is 29.1 Å². The van der Waals surface area contributed by atoms with Crippen LogP contribution in [0.4, 0.5) is 0 Å². The summed E-state index contributed by atoms with van der Waals surface area (Å²) in [7, 11) is 0. The maximum Gasteiger partial charge on any atom is 0.244 e. The molecule has 0 aliphatic carbocycles. The lowest BCUT2D eigenvalue weighted by molar-refractivity contribution is -0.117. The van der Waals surface area contributed by atoms with Crippen LogP contribution in [0.2, 0.25) is 0 Å². The number of carbonyl (C=O) groups excluding carboxylic acids is 1. The van der Waals surface area contributed by atoms with Crippen LogP contribution in [0.15, 0.2) is 60.7 Å². The van der Waals surface area contributed by atoms with Crippen molar-refractivity contribution < 1.29 is 4.79 Å². The van der Waals surface area contributed by atoms with Crippen LogP contribution in [0.5, 0.6) is 0 Å². The highest BCUT2D eigenvalue weighted by molar-refractivity contribution is 5.91. The molecule has 1 N–H and O–H groups in total. The van der Waals surface area contributed by atoms with Crippen molar-refractivity contribution in [1.82, 2.24) is 5.32 Å². The predicted molar refractivity (Wildman–Crippen MR) is 83.2 cm³/mol. The van der Waals surface area contributed by atoms with Gasteiger partial charge in [0.25, 0.3) is 0 Å². The molecule has 0 aliphatic rings. The Labute approximate surface area is 120 Å². The Balaban J connectivity index is 1.94. The number of hydrogen-bond donors (Lipinski definition) is 1. The summed E-state index contributed by atoms with van der Waals surface area (Å²) in [5.74, 6) is -0.0815. The van der Waals surface area contributed by atoms with Gasteiger partial charge in [0.1, 0.15) is 0 Å². The number of hydrogen-bond acceptors (Lipinski definition) is 1. The molecule has 1 amide bonds. The minimum atomic E-state index is -0.0815. The van der Waals surface area contributed by atoms with Gasteiger partial charge in [-0.3, -0.25) is 4.79 Å². The fourth-order valence-electron chi connectivity index (χ4n) is 1.94. The van der Waals surface area contributed by atoms with Crippen molar-refractivity contribution in [3.8, 4) is 0 Å². The summed E-state index contributed by atoms with van der Waals surface area (Å²) in [5.41, 5.74) is 3.34. The molecule has 0 fully saturated rings. The molecule has 2 aromatic rings. The molecule has 2 nitrogen and oxygen atoms in total. The largest absolute Gasteiger partial charge is 0.346 e. The Morgan fingerprint density at radius 1 is 1.05 bits per heavy atom. The van der Waals surface area contributed by atoms with Gasteiger partial charge in [0.05, 0.1) is 6.04 Å². The maximum absolute atomic E-state index is 11.9. The van der Waals surface area contributed by atoms with E-state index in [2.05, 4.69) is 5.32 Å². The van der Waals surface area contributed by atoms with Gasteiger partial charge in [0.2, 0.25) is 5.91 Å². The van der Waals surface area contributed by atoms with Crippen LogP contribution < -0.4 is 5.32 Å². The smallest absolute Gasteiger partial charge is 0.244 e. The molecule has 0 radical (unpaired) electrons. The highest BCUT2D eigenvalue weighted by Gasteiger charge is 2.06. The van der Waals surface area contributed by atoms with E-state index in [4.69, 9.17) is 0 Å². The molecule has 20 heavy (non-hydrogen) atoms. The van der Waals surface area contributed by atoms with Crippen LogP contribution >= 0.6 is 0 Å². The zero-order valence-corrected chi connectivity index (χ0v) is 11.8. The molecule has 0 spiro atoms. The standard InChI is InChI=1S/C18H19NO/c1-14-8-10-16(11-9-14)12-13-18(20)19-15(2)17-6-4-3-5-7-17/h3-13,15H,1-2H3,(H,19,20)/b13-12+. The normalized spacial score (nSPS) is 12.3. The summed E-state index contributed by atoms with van der Waals surface area (Å²) in [6.45, 7) is 4.02. The molecule has 0 aliphatic heterocycles. The number of nitrogens with one attached hydrogen (secondary N) is 1. The van der Waals surface area contributed by atoms with Gasteiger partial charge >= 0.3 is 0 Å². The third kappa shape index (κ3) is 4.09. The van der Waals surface area contributed by atoms with Gasteiger partial charge in [-0.25, -0.2) is 0 Å². The first-order valence-electron chi connectivity index (χ1n) is 6.75. The van der Waals surface area contributed by atoms with Crippen LogP contribution in [0.3, 0.4) is 0 Å². The third-order valence-corrected chi connectivity index (χ3v) is 3.16. The number of amides is 1. The summed E-state index contributed by atoms with van der Waals surface area (Å²) in [5, 5.41) is 2.95. The first-order chi connectivity index (χ1) is 9.65. The van der Waals surface area contributed by atoms with Crippen molar-refractivity contribution in [1.29, 1.82) is 0 Å². The molecule has 1 unspecified atom stereocenters. The molecule has 102 valence electrons. The number of rotatable bonds is 4. The molecular formula is C18H19NO. The van der Waals surface area contributed by atoms with Gasteiger partial charge in [-0.2, -0.15) is 0 Å². The summed E-state index contributed by atoms with van der Waals surface area (Å²) in [6.07, 6.45) is 3.40. The van der Waals surface area contributed by atoms with Crippen LogP contribution in [-0.4, -0.2) is 5.91 Å². The van der Waals surface area contributed by atoms with Crippen molar-refractivity contribution in [3.63, 3.8) is 0 Å². The van der Waals surface area contributed by atoms with E-state index >= 15 is 0 Å². The zero-order valence-electron chi connectivity index (χ0n) is 11.8. The minimum Gasteiger partial charge on any atom is -0.346 e. The molecule has 2 aromatic carbocycles. The molecule has 2 rings (SSSR count). The lowest BCUT2D eigenvalue weighted by Gasteiger charge is -2.12. The molecule has 2 heteroatoms. The first kappa shape index (κ1) is 14.1. The van der Waals surface area contributed by atoms with Crippen LogP contribution in [-0.2, 0) is 4.79 Å². The minimum absolute atomic E-state index is 0.00590. The average Bonchev–Trinajstić information content (AvgIpc) is 2.47. The van der Waals surface area contributed by atoms with E-state index in [0.717, 1.165) is 11.1 Å². The van der Waals surface area contributed by atoms with Crippen molar-refractivity contribution in [3.05, 3.63) is 77.4 Å². The fourth-order valence-corrected chi connectivity index (χ4v) is 1.94. The van der Waals surface area contributed by atoms with Crippen molar-refractivity contribution >= 4 is 12.0 Å². The summed E-state index contributed by atoms with van der Waals surface area (Å²) < 4.78 is 0. The lowest BCUT2D eigenvalue weighted by atomic mass is 10.1. The van der Waals surface area contributed by atoms with E-state index in [1.165, 1.54) is 5.56 Å². The van der Waals surface area contributed by atoms with E-state index in [9.17, 15) is 4.79 Å². The molecule has 1 atom stereocenters. The highest BCUT2D eigenvalue weighted by Crippen LogP contribution is 2.11. The maximum atomic E-state index is 11.9. The Morgan fingerprint density at radius 3 is 2.35 bits per heavy atom. The Hall–Kier alpha value is -2.35. The second kappa shape index (κ2) is 6.71. The SMILES string of the molecule is Cc1ccc(/C=C/C(=O)NC(C)c2ccccc2)cc1. The van der Waals surface area contributed by atoms with Crippen LogP contribution in [0.25, 0.3) is 6.08 Å². The van der Waals surface area contributed by atoms with Gasteiger partial charge in [-0.1, -0.05) is 60.2 Å². The molecule has 0 heterocycles. The van der Waals surface area contributed by atoms with Gasteiger partial charge < -0.3 is 5.32 Å². The lowest BCUT2D eigenvalue weighted by Crippen LogP contribution is -2.24. The molecule has 0 saturated carbocycles. The van der Waals surface area contributed by atoms with E-state index < -0.39 is 0 Å². The Kier molecular flexibility index (Phi) is 4.72. The number of benzene rings is 2. The number of carbonyl (C=O) groups is 1. The van der Waals surface area contributed by atoms with Crippen LogP contribution in [0.1, 0.15) is 29.7 Å². The number of aryl methyl sites for hydroxylation is 1. The van der Waals surface area contributed by atoms with Gasteiger partial charge in [-0.05, 0) is 31.1 Å². The first-order valence-corrected chi connectivity index (χ1v) is 6.75. The van der Waals surface area contributed by atoms with Gasteiger partial charge in [0, 0.05) is 6.08 Å². The fraction of sp³-hybridized carbons (Fsp3) is 0.167. The second-order valence-electron chi connectivity index (χ2n) is 4.88. The zero-order chi connectivity index (χ0) is 14.4. The molecular weight excluding hydrogens is 246 g/mol. The second-order valence-corrected chi connectivity index (χ2v) is 4.88. The van der Waals surface area contributed by atoms with E-state index in [-0.39, 0.29) is 11.9 Å². The highest BCUT2D eigenvalue weighted by atomic mass is 16.1. The van der Waals surface area contributed by atoms with E-state index in [1.54, 1.807) is 6.08 Å². The van der Waals surface area contributed by atoms with Crippen molar-refractivity contribution in [2.75, 3.05) is 0 Å². The predicted octanol–water partition coefficient (Wildman–Crippen LogP) is 3.89. The summed E-state index contributed by atoms with van der Waals surface area (Å²) >= 11 is 0. The van der Waals surface area contributed by atoms with E-state index in [0.29, 0.717) is 0 Å². The monoisotopic (exact) mass is 265 g/mol. The van der Waals surface area contributed by atoms with Crippen molar-refractivity contribution in [2.45, 2.75) is 19.9 Å². The Bertz CT molecular complexity index is 585. The summed E-state index contributed by atoms with van der Waals surface area (Å²) in [6, 6.07) is 18.0. The summed E-state index contributed by atoms with van der Waals surface area (Å²) in [4.78, 5) is 11.9.